The molecule has 0 atom stereocenters. The topological polar surface area (TPSA) is 81.5 Å². The van der Waals surface area contributed by atoms with E-state index in [-0.39, 0.29) is 5.91 Å². The molecular formula is C24H28BrN5O3. The number of nitrogens with zero attached hydrogens (tertiary/aromatic N) is 4. The summed E-state index contributed by atoms with van der Waals surface area (Å²) in [4.78, 5) is 15.1. The van der Waals surface area contributed by atoms with E-state index >= 15 is 0 Å². The van der Waals surface area contributed by atoms with Crippen LogP contribution in [0.15, 0.2) is 47.1 Å². The second-order valence-electron chi connectivity index (χ2n) is 8.00. The molecule has 3 aromatic rings. The van der Waals surface area contributed by atoms with Crippen LogP contribution in [0.5, 0.6) is 5.75 Å². The molecule has 0 bridgehead atoms. The minimum absolute atomic E-state index is 0.0738. The van der Waals surface area contributed by atoms with Crippen molar-refractivity contribution in [3.63, 3.8) is 0 Å². The van der Waals surface area contributed by atoms with Crippen molar-refractivity contribution in [2.75, 3.05) is 46.5 Å². The summed E-state index contributed by atoms with van der Waals surface area (Å²) in [5.41, 5.74) is 4.19. The van der Waals surface area contributed by atoms with Crippen LogP contribution in [0.4, 0.5) is 0 Å². The number of aromatic nitrogens is 3. The van der Waals surface area contributed by atoms with Crippen molar-refractivity contribution in [3.8, 4) is 17.0 Å². The second-order valence-corrected chi connectivity index (χ2v) is 8.85. The first-order valence-electron chi connectivity index (χ1n) is 11.0. The zero-order valence-corrected chi connectivity index (χ0v) is 20.5. The van der Waals surface area contributed by atoms with Gasteiger partial charge in [0.2, 0.25) is 0 Å². The summed E-state index contributed by atoms with van der Waals surface area (Å²) in [7, 11) is 1.65. The van der Waals surface area contributed by atoms with E-state index in [1.807, 2.05) is 49.5 Å². The highest BCUT2D eigenvalue weighted by molar-refractivity contribution is 9.10. The van der Waals surface area contributed by atoms with Crippen LogP contribution >= 0.6 is 15.9 Å². The molecule has 4 rings (SSSR count). The molecule has 1 aromatic heterocycles. The number of carbonyl (C=O) groups is 1. The summed E-state index contributed by atoms with van der Waals surface area (Å²) in [5, 5.41) is 11.6. The van der Waals surface area contributed by atoms with E-state index in [9.17, 15) is 4.79 Å². The SMILES string of the molecule is COc1ccc(Br)c(Cn2cc(-c3ccc(C)c(C(=O)NCCN4CCOCC4)c3)nn2)c1. The average molecular weight is 514 g/mol. The van der Waals surface area contributed by atoms with Crippen LogP contribution in [0.1, 0.15) is 21.5 Å². The van der Waals surface area contributed by atoms with Crippen molar-refractivity contribution in [2.45, 2.75) is 13.5 Å². The minimum Gasteiger partial charge on any atom is -0.497 e. The first kappa shape index (κ1) is 23.4. The molecule has 0 unspecified atom stereocenters. The molecule has 9 heteroatoms. The lowest BCUT2D eigenvalue weighted by Gasteiger charge is -2.26. The molecule has 33 heavy (non-hydrogen) atoms. The minimum atomic E-state index is -0.0738. The van der Waals surface area contributed by atoms with Gasteiger partial charge in [-0.3, -0.25) is 9.69 Å². The van der Waals surface area contributed by atoms with Crippen LogP contribution in [0, 0.1) is 6.92 Å². The van der Waals surface area contributed by atoms with Gasteiger partial charge in [0.05, 0.1) is 33.1 Å². The number of nitrogens with one attached hydrogen (secondary N) is 1. The molecule has 1 saturated heterocycles. The zero-order valence-electron chi connectivity index (χ0n) is 18.9. The van der Waals surface area contributed by atoms with Crippen molar-refractivity contribution >= 4 is 21.8 Å². The Kier molecular flexibility index (Phi) is 7.74. The summed E-state index contributed by atoms with van der Waals surface area (Å²) >= 11 is 3.58. The van der Waals surface area contributed by atoms with Gasteiger partial charge in [-0.1, -0.05) is 33.3 Å². The fourth-order valence-electron chi connectivity index (χ4n) is 3.76. The number of benzene rings is 2. The van der Waals surface area contributed by atoms with Gasteiger partial charge in [-0.25, -0.2) is 4.68 Å². The standard InChI is InChI=1S/C24H28BrN5O3/c1-17-3-4-18(14-21(17)24(31)26-7-8-29-9-11-33-12-10-29)23-16-30(28-27-23)15-19-13-20(32-2)5-6-22(19)25/h3-6,13-14,16H,7-12,15H2,1-2H3,(H,26,31). The van der Waals surface area contributed by atoms with E-state index < -0.39 is 0 Å². The van der Waals surface area contributed by atoms with Gasteiger partial charge in [-0.2, -0.15) is 0 Å². The van der Waals surface area contributed by atoms with Gasteiger partial charge in [0.25, 0.3) is 5.91 Å². The molecule has 0 radical (unpaired) electrons. The van der Waals surface area contributed by atoms with Crippen LogP contribution in [0.25, 0.3) is 11.3 Å². The van der Waals surface area contributed by atoms with Crippen molar-refractivity contribution in [3.05, 3.63) is 63.8 Å². The molecule has 1 aliphatic heterocycles. The first-order chi connectivity index (χ1) is 16.0. The molecule has 0 spiro atoms. The van der Waals surface area contributed by atoms with E-state index in [2.05, 4.69) is 36.5 Å². The number of carbonyl (C=O) groups excluding carboxylic acids is 1. The number of halogens is 1. The van der Waals surface area contributed by atoms with Crippen LogP contribution < -0.4 is 10.1 Å². The van der Waals surface area contributed by atoms with E-state index in [4.69, 9.17) is 9.47 Å². The molecule has 0 saturated carbocycles. The Hall–Kier alpha value is -2.75. The van der Waals surface area contributed by atoms with Crippen LogP contribution in [0.2, 0.25) is 0 Å². The average Bonchev–Trinajstić information content (AvgIpc) is 3.30. The van der Waals surface area contributed by atoms with E-state index in [0.717, 1.165) is 65.5 Å². The summed E-state index contributed by atoms with van der Waals surface area (Å²) in [6.45, 7) is 7.24. The summed E-state index contributed by atoms with van der Waals surface area (Å²) in [5.74, 6) is 0.715. The normalized spacial score (nSPS) is 14.3. The monoisotopic (exact) mass is 513 g/mol. The predicted molar refractivity (Wildman–Crippen MR) is 130 cm³/mol. The smallest absolute Gasteiger partial charge is 0.251 e. The third-order valence-electron chi connectivity index (χ3n) is 5.72. The molecule has 0 aliphatic carbocycles. The van der Waals surface area contributed by atoms with Crippen molar-refractivity contribution in [1.29, 1.82) is 0 Å². The number of ether oxygens (including phenoxy) is 2. The molecule has 1 N–H and O–H groups in total. The van der Waals surface area contributed by atoms with Gasteiger partial charge in [0.1, 0.15) is 11.4 Å². The molecule has 2 aromatic carbocycles. The highest BCUT2D eigenvalue weighted by Gasteiger charge is 2.14. The molecule has 174 valence electrons. The van der Waals surface area contributed by atoms with Gasteiger partial charge < -0.3 is 14.8 Å². The number of rotatable bonds is 8. The van der Waals surface area contributed by atoms with E-state index in [1.165, 1.54) is 0 Å². The number of aryl methyl sites for hydroxylation is 1. The Morgan fingerprint density at radius 1 is 1.21 bits per heavy atom. The predicted octanol–water partition coefficient (Wildman–Crippen LogP) is 3.13. The Labute approximate surface area is 202 Å². The van der Waals surface area contributed by atoms with Crippen molar-refractivity contribution in [2.24, 2.45) is 0 Å². The number of methoxy groups -OCH3 is 1. The molecule has 1 fully saturated rings. The van der Waals surface area contributed by atoms with Crippen molar-refractivity contribution in [1.82, 2.24) is 25.2 Å². The first-order valence-corrected chi connectivity index (χ1v) is 11.7. The van der Waals surface area contributed by atoms with E-state index in [0.29, 0.717) is 18.7 Å². The number of hydrogen-bond acceptors (Lipinski definition) is 6. The highest BCUT2D eigenvalue weighted by atomic mass is 79.9. The molecule has 1 amide bonds. The van der Waals surface area contributed by atoms with Crippen LogP contribution in [-0.4, -0.2) is 72.3 Å². The number of hydrogen-bond donors (Lipinski definition) is 1. The Bertz CT molecular complexity index is 1110. The lowest BCUT2D eigenvalue weighted by atomic mass is 10.0. The third kappa shape index (κ3) is 5.98. The summed E-state index contributed by atoms with van der Waals surface area (Å²) < 4.78 is 13.4. The number of morpholine rings is 1. The molecular weight excluding hydrogens is 486 g/mol. The third-order valence-corrected chi connectivity index (χ3v) is 6.49. The van der Waals surface area contributed by atoms with Crippen LogP contribution in [0.3, 0.4) is 0 Å². The maximum absolute atomic E-state index is 12.8. The fourth-order valence-corrected chi connectivity index (χ4v) is 4.13. The van der Waals surface area contributed by atoms with Gasteiger partial charge in [0, 0.05) is 41.8 Å². The summed E-state index contributed by atoms with van der Waals surface area (Å²) in [6.07, 6.45) is 1.89. The Balaban J connectivity index is 1.43. The molecule has 1 aliphatic rings. The fraction of sp³-hybridized carbons (Fsp3) is 0.375. The largest absolute Gasteiger partial charge is 0.497 e. The lowest BCUT2D eigenvalue weighted by molar-refractivity contribution is 0.0383. The lowest BCUT2D eigenvalue weighted by Crippen LogP contribution is -2.41. The van der Waals surface area contributed by atoms with Gasteiger partial charge in [-0.15, -0.1) is 5.10 Å². The quantitative estimate of drug-likeness (QED) is 0.498. The van der Waals surface area contributed by atoms with Gasteiger partial charge in [0.15, 0.2) is 0 Å². The number of amides is 1. The Morgan fingerprint density at radius 3 is 2.82 bits per heavy atom. The van der Waals surface area contributed by atoms with Gasteiger partial charge >= 0.3 is 0 Å². The van der Waals surface area contributed by atoms with E-state index in [1.54, 1.807) is 11.8 Å². The second kappa shape index (κ2) is 10.9. The molecule has 8 nitrogen and oxygen atoms in total. The van der Waals surface area contributed by atoms with Crippen molar-refractivity contribution < 1.29 is 14.3 Å². The summed E-state index contributed by atoms with van der Waals surface area (Å²) in [6, 6.07) is 11.6. The van der Waals surface area contributed by atoms with Gasteiger partial charge in [-0.05, 0) is 42.3 Å². The maximum atomic E-state index is 12.8. The molecule has 2 heterocycles. The zero-order chi connectivity index (χ0) is 23.2. The Morgan fingerprint density at radius 2 is 2.03 bits per heavy atom. The van der Waals surface area contributed by atoms with Crippen LogP contribution in [-0.2, 0) is 11.3 Å². The maximum Gasteiger partial charge on any atom is 0.251 e. The highest BCUT2D eigenvalue weighted by Crippen LogP contribution is 2.24.